The van der Waals surface area contributed by atoms with Crippen molar-refractivity contribution in [3.05, 3.63) is 77.5 Å². The van der Waals surface area contributed by atoms with E-state index in [1.54, 1.807) is 6.07 Å². The summed E-state index contributed by atoms with van der Waals surface area (Å²) in [4.78, 5) is 20.5. The molecule has 0 fully saturated rings. The Balaban J connectivity index is 1.86. The van der Waals surface area contributed by atoms with Crippen LogP contribution in [0.5, 0.6) is 0 Å². The predicted octanol–water partition coefficient (Wildman–Crippen LogP) is 4.94. The molecule has 28 heavy (non-hydrogen) atoms. The molecule has 0 saturated heterocycles. The number of hydrogen-bond donors (Lipinski definition) is 2. The van der Waals surface area contributed by atoms with Crippen molar-refractivity contribution in [2.45, 2.75) is 13.1 Å². The predicted molar refractivity (Wildman–Crippen MR) is 95.8 cm³/mol. The summed E-state index contributed by atoms with van der Waals surface area (Å²) >= 11 is 0. The molecule has 0 aliphatic rings. The van der Waals surface area contributed by atoms with Gasteiger partial charge in [0.15, 0.2) is 0 Å². The molecule has 3 aromatic rings. The first-order chi connectivity index (χ1) is 13.2. The second-order valence-corrected chi connectivity index (χ2v) is 5.82. The maximum atomic E-state index is 13.3. The highest BCUT2D eigenvalue weighted by Crippen LogP contribution is 2.34. The van der Waals surface area contributed by atoms with Gasteiger partial charge in [0.25, 0.3) is 5.91 Å². The second-order valence-electron chi connectivity index (χ2n) is 5.82. The number of benzene rings is 2. The third-order valence-electron chi connectivity index (χ3n) is 3.65. The zero-order valence-electron chi connectivity index (χ0n) is 14.5. The molecule has 1 aromatic heterocycles. The Morgan fingerprint density at radius 3 is 2.46 bits per heavy atom. The van der Waals surface area contributed by atoms with Gasteiger partial charge in [-0.25, -0.2) is 14.4 Å². The fourth-order valence-electron chi connectivity index (χ4n) is 2.49. The van der Waals surface area contributed by atoms with Gasteiger partial charge in [-0.15, -0.1) is 0 Å². The molecule has 0 aliphatic carbocycles. The Morgan fingerprint density at radius 2 is 1.75 bits per heavy atom. The number of aromatic nitrogens is 2. The molecule has 5 nitrogen and oxygen atoms in total. The summed E-state index contributed by atoms with van der Waals surface area (Å²) in [6, 6.07) is 11.5. The van der Waals surface area contributed by atoms with Crippen molar-refractivity contribution in [2.24, 2.45) is 0 Å². The third-order valence-corrected chi connectivity index (χ3v) is 3.65. The fourth-order valence-corrected chi connectivity index (χ4v) is 2.49. The molecule has 144 valence electrons. The molecular formula is C19H14F4N4O. The smallest absolute Gasteiger partial charge is 0.340 e. The van der Waals surface area contributed by atoms with Crippen molar-refractivity contribution < 1.29 is 22.4 Å². The van der Waals surface area contributed by atoms with Crippen LogP contribution in [0.3, 0.4) is 0 Å². The Labute approximate surface area is 157 Å². The molecule has 1 heterocycles. The first-order valence-corrected chi connectivity index (χ1v) is 8.08. The number of para-hydroxylation sites is 1. The average molecular weight is 390 g/mol. The monoisotopic (exact) mass is 390 g/mol. The summed E-state index contributed by atoms with van der Waals surface area (Å²) in [5.41, 5.74) is -1.08. The highest BCUT2D eigenvalue weighted by Gasteiger charge is 2.33. The highest BCUT2D eigenvalue weighted by molar-refractivity contribution is 6.03. The van der Waals surface area contributed by atoms with Crippen LogP contribution < -0.4 is 10.6 Å². The normalized spacial score (nSPS) is 11.2. The lowest BCUT2D eigenvalue weighted by atomic mass is 10.1. The average Bonchev–Trinajstić information content (AvgIpc) is 2.61. The van der Waals surface area contributed by atoms with Crippen LogP contribution in [0.4, 0.5) is 34.8 Å². The molecule has 0 unspecified atom stereocenters. The molecule has 9 heteroatoms. The van der Waals surface area contributed by atoms with Gasteiger partial charge in [-0.05, 0) is 37.3 Å². The number of alkyl halides is 3. The Bertz CT molecular complexity index is 1020. The molecule has 1 amide bonds. The van der Waals surface area contributed by atoms with E-state index >= 15 is 0 Å². The summed E-state index contributed by atoms with van der Waals surface area (Å²) in [5, 5.41) is 5.05. The number of carbonyl (C=O) groups is 1. The number of carbonyl (C=O) groups excluding carboxylic acids is 1. The van der Waals surface area contributed by atoms with E-state index in [2.05, 4.69) is 20.6 Å². The lowest BCUT2D eigenvalue weighted by Crippen LogP contribution is -2.18. The minimum atomic E-state index is -4.62. The molecule has 0 aliphatic heterocycles. The molecule has 2 N–H and O–H groups in total. The SMILES string of the molecule is Cc1nc(Nc2cccc(F)c2)cc(C(=O)Nc2ccccc2C(F)(F)F)n1. The van der Waals surface area contributed by atoms with Gasteiger partial charge >= 0.3 is 6.18 Å². The Kier molecular flexibility index (Phi) is 5.25. The number of nitrogens with one attached hydrogen (secondary N) is 2. The summed E-state index contributed by atoms with van der Waals surface area (Å²) in [6.07, 6.45) is -4.62. The maximum absolute atomic E-state index is 13.3. The highest BCUT2D eigenvalue weighted by atomic mass is 19.4. The van der Waals surface area contributed by atoms with Crippen LogP contribution in [-0.2, 0) is 6.18 Å². The largest absolute Gasteiger partial charge is 0.418 e. The van der Waals surface area contributed by atoms with Gasteiger partial charge < -0.3 is 10.6 Å². The lowest BCUT2D eigenvalue weighted by Gasteiger charge is -2.14. The van der Waals surface area contributed by atoms with E-state index in [0.29, 0.717) is 5.69 Å². The number of rotatable bonds is 4. The zero-order valence-corrected chi connectivity index (χ0v) is 14.5. The first-order valence-electron chi connectivity index (χ1n) is 8.08. The number of amides is 1. The van der Waals surface area contributed by atoms with E-state index < -0.39 is 23.5 Å². The van der Waals surface area contributed by atoms with E-state index in [-0.39, 0.29) is 23.0 Å². The van der Waals surface area contributed by atoms with Crippen molar-refractivity contribution in [3.63, 3.8) is 0 Å². The van der Waals surface area contributed by atoms with Crippen molar-refractivity contribution in [3.8, 4) is 0 Å². The lowest BCUT2D eigenvalue weighted by molar-refractivity contribution is -0.136. The number of halogens is 4. The van der Waals surface area contributed by atoms with E-state index in [0.717, 1.165) is 12.1 Å². The standard InChI is InChI=1S/C19H14F4N4O/c1-11-24-16(10-17(25-11)26-13-6-4-5-12(20)9-13)18(28)27-15-8-3-2-7-14(15)19(21,22)23/h2-10H,1H3,(H,27,28)(H,24,25,26). The molecular weight excluding hydrogens is 376 g/mol. The number of nitrogens with zero attached hydrogens (tertiary/aromatic N) is 2. The summed E-state index contributed by atoms with van der Waals surface area (Å²) in [6.45, 7) is 1.52. The van der Waals surface area contributed by atoms with Crippen molar-refractivity contribution in [2.75, 3.05) is 10.6 Å². The number of aryl methyl sites for hydroxylation is 1. The third kappa shape index (κ3) is 4.61. The van der Waals surface area contributed by atoms with Crippen LogP contribution in [-0.4, -0.2) is 15.9 Å². The van der Waals surface area contributed by atoms with Crippen molar-refractivity contribution in [1.29, 1.82) is 0 Å². The number of hydrogen-bond acceptors (Lipinski definition) is 4. The van der Waals surface area contributed by atoms with Gasteiger partial charge in [-0.2, -0.15) is 13.2 Å². The van der Waals surface area contributed by atoms with Crippen LogP contribution in [0.15, 0.2) is 54.6 Å². The molecule has 0 spiro atoms. The van der Waals surface area contributed by atoms with Gasteiger partial charge in [0.05, 0.1) is 11.3 Å². The molecule has 0 bridgehead atoms. The molecule has 3 rings (SSSR count). The quantitative estimate of drug-likeness (QED) is 0.620. The molecule has 0 saturated carbocycles. The minimum absolute atomic E-state index is 0.136. The minimum Gasteiger partial charge on any atom is -0.340 e. The molecule has 2 aromatic carbocycles. The Morgan fingerprint density at radius 1 is 1.00 bits per heavy atom. The van der Waals surface area contributed by atoms with E-state index in [1.807, 2.05) is 0 Å². The van der Waals surface area contributed by atoms with E-state index in [1.165, 1.54) is 43.3 Å². The second kappa shape index (κ2) is 7.63. The van der Waals surface area contributed by atoms with Gasteiger partial charge in [0, 0.05) is 11.8 Å². The Hall–Kier alpha value is -3.49. The van der Waals surface area contributed by atoms with Gasteiger partial charge in [-0.1, -0.05) is 18.2 Å². The number of anilines is 3. The van der Waals surface area contributed by atoms with Crippen molar-refractivity contribution >= 4 is 23.1 Å². The van der Waals surface area contributed by atoms with E-state index in [4.69, 9.17) is 0 Å². The first kappa shape index (κ1) is 19.3. The van der Waals surface area contributed by atoms with Crippen molar-refractivity contribution in [1.82, 2.24) is 9.97 Å². The topological polar surface area (TPSA) is 66.9 Å². The summed E-state index contributed by atoms with van der Waals surface area (Å²) in [5.74, 6) is -0.870. The van der Waals surface area contributed by atoms with E-state index in [9.17, 15) is 22.4 Å². The van der Waals surface area contributed by atoms with Crippen LogP contribution in [0, 0.1) is 12.7 Å². The summed E-state index contributed by atoms with van der Waals surface area (Å²) in [7, 11) is 0. The summed E-state index contributed by atoms with van der Waals surface area (Å²) < 4.78 is 52.6. The van der Waals surface area contributed by atoms with Crippen LogP contribution in [0.2, 0.25) is 0 Å². The maximum Gasteiger partial charge on any atom is 0.418 e. The van der Waals surface area contributed by atoms with Gasteiger partial charge in [0.2, 0.25) is 0 Å². The van der Waals surface area contributed by atoms with Crippen LogP contribution in [0.1, 0.15) is 21.9 Å². The molecule has 0 radical (unpaired) electrons. The fraction of sp³-hybridized carbons (Fsp3) is 0.105. The van der Waals surface area contributed by atoms with Crippen LogP contribution >= 0.6 is 0 Å². The van der Waals surface area contributed by atoms with Gasteiger partial charge in [-0.3, -0.25) is 4.79 Å². The zero-order chi connectivity index (χ0) is 20.3. The van der Waals surface area contributed by atoms with Gasteiger partial charge in [0.1, 0.15) is 23.2 Å². The molecule has 0 atom stereocenters. The van der Waals surface area contributed by atoms with Crippen LogP contribution in [0.25, 0.3) is 0 Å².